The van der Waals surface area contributed by atoms with Crippen LogP contribution in [0.3, 0.4) is 0 Å². The molecule has 0 saturated carbocycles. The first-order valence-corrected chi connectivity index (χ1v) is 11.0. The van der Waals surface area contributed by atoms with Crippen LogP contribution in [0.4, 0.5) is 19.0 Å². The fraction of sp³-hybridized carbons (Fsp3) is 0.348. The summed E-state index contributed by atoms with van der Waals surface area (Å²) in [6.07, 6.45) is 1.38. The van der Waals surface area contributed by atoms with Crippen LogP contribution in [0.25, 0.3) is 23.0 Å². The minimum Gasteiger partial charge on any atom is -0.342 e. The van der Waals surface area contributed by atoms with Crippen LogP contribution in [0.1, 0.15) is 50.3 Å². The number of aryl methyl sites for hydroxylation is 1. The minimum absolute atomic E-state index is 0.00526. The summed E-state index contributed by atoms with van der Waals surface area (Å²) in [5.74, 6) is 2.44. The average molecular weight is 468 g/mol. The number of alkyl halides is 3. The molecule has 176 valence electrons. The zero-order valence-electron chi connectivity index (χ0n) is 19.1. The Hall–Kier alpha value is -3.76. The molecule has 11 heteroatoms. The van der Waals surface area contributed by atoms with Crippen molar-refractivity contribution in [1.82, 2.24) is 34.3 Å². The van der Waals surface area contributed by atoms with Gasteiger partial charge in [-0.05, 0) is 39.3 Å². The summed E-state index contributed by atoms with van der Waals surface area (Å²) >= 11 is 0. The van der Waals surface area contributed by atoms with E-state index in [0.29, 0.717) is 17.3 Å². The van der Waals surface area contributed by atoms with Crippen LogP contribution in [0.2, 0.25) is 0 Å². The monoisotopic (exact) mass is 468 g/mol. The Morgan fingerprint density at radius 2 is 1.79 bits per heavy atom. The molecule has 0 amide bonds. The van der Waals surface area contributed by atoms with Crippen molar-refractivity contribution in [1.29, 1.82) is 0 Å². The van der Waals surface area contributed by atoms with Crippen LogP contribution in [0.15, 0.2) is 43.0 Å². The highest BCUT2D eigenvalue weighted by Gasteiger charge is 2.36. The number of halogens is 3. The Balaban J connectivity index is 1.65. The van der Waals surface area contributed by atoms with Gasteiger partial charge in [0.2, 0.25) is 5.95 Å². The van der Waals surface area contributed by atoms with E-state index in [1.54, 1.807) is 23.3 Å². The van der Waals surface area contributed by atoms with Crippen LogP contribution in [0.5, 0.6) is 0 Å². The third kappa shape index (κ3) is 3.42. The second kappa shape index (κ2) is 7.93. The predicted molar refractivity (Wildman–Crippen MR) is 120 cm³/mol. The molecule has 34 heavy (non-hydrogen) atoms. The van der Waals surface area contributed by atoms with Crippen molar-refractivity contribution in [2.45, 2.75) is 52.4 Å². The SMILES string of the molecule is CC[C@@H]1c2nncn2-c2c(C)nc(-n3ccnc3-c3ccc(C(F)(F)F)cc3)nc2N1C(C)C. The lowest BCUT2D eigenvalue weighted by Gasteiger charge is -2.40. The number of aromatic nitrogens is 7. The number of imidazole rings is 1. The van der Waals surface area contributed by atoms with E-state index in [2.05, 4.69) is 40.9 Å². The smallest absolute Gasteiger partial charge is 0.342 e. The molecule has 0 aliphatic carbocycles. The summed E-state index contributed by atoms with van der Waals surface area (Å²) in [7, 11) is 0. The summed E-state index contributed by atoms with van der Waals surface area (Å²) in [4.78, 5) is 16.2. The van der Waals surface area contributed by atoms with Crippen LogP contribution >= 0.6 is 0 Å². The number of hydrogen-bond donors (Lipinski definition) is 0. The highest BCUT2D eigenvalue weighted by atomic mass is 19.4. The maximum atomic E-state index is 13.0. The first-order chi connectivity index (χ1) is 16.2. The molecule has 1 atom stereocenters. The Kier molecular flexibility index (Phi) is 5.14. The Bertz CT molecular complexity index is 1340. The fourth-order valence-electron chi connectivity index (χ4n) is 4.49. The molecule has 0 fully saturated rings. The summed E-state index contributed by atoms with van der Waals surface area (Å²) in [6, 6.07) is 5.04. The van der Waals surface area contributed by atoms with Crippen molar-refractivity contribution >= 4 is 5.82 Å². The first kappa shape index (κ1) is 22.1. The van der Waals surface area contributed by atoms with Crippen LogP contribution < -0.4 is 4.90 Å². The van der Waals surface area contributed by atoms with Gasteiger partial charge in [-0.2, -0.15) is 18.2 Å². The number of benzene rings is 1. The van der Waals surface area contributed by atoms with Crippen molar-refractivity contribution in [3.05, 3.63) is 60.1 Å². The molecule has 0 spiro atoms. The molecular formula is C23H23F3N8. The van der Waals surface area contributed by atoms with E-state index >= 15 is 0 Å². The molecule has 1 aromatic carbocycles. The zero-order valence-corrected chi connectivity index (χ0v) is 19.1. The van der Waals surface area contributed by atoms with Crippen molar-refractivity contribution in [2.75, 3.05) is 4.90 Å². The van der Waals surface area contributed by atoms with E-state index in [1.165, 1.54) is 12.1 Å². The molecular weight excluding hydrogens is 445 g/mol. The molecule has 1 aliphatic rings. The molecule has 3 aromatic heterocycles. The number of hydrogen-bond acceptors (Lipinski definition) is 6. The van der Waals surface area contributed by atoms with Gasteiger partial charge < -0.3 is 4.90 Å². The molecule has 0 radical (unpaired) electrons. The van der Waals surface area contributed by atoms with Crippen LogP contribution in [-0.2, 0) is 6.18 Å². The van der Waals surface area contributed by atoms with Crippen LogP contribution in [-0.4, -0.2) is 40.3 Å². The summed E-state index contributed by atoms with van der Waals surface area (Å²) in [5, 5.41) is 8.47. The molecule has 0 unspecified atom stereocenters. The third-order valence-corrected chi connectivity index (χ3v) is 5.99. The summed E-state index contributed by atoms with van der Waals surface area (Å²) < 4.78 is 42.6. The van der Waals surface area contributed by atoms with Gasteiger partial charge >= 0.3 is 6.18 Å². The second-order valence-electron chi connectivity index (χ2n) is 8.46. The normalized spacial score (nSPS) is 15.5. The van der Waals surface area contributed by atoms with Crippen molar-refractivity contribution in [3.63, 3.8) is 0 Å². The quantitative estimate of drug-likeness (QED) is 0.423. The Labute approximate surface area is 194 Å². The van der Waals surface area contributed by atoms with E-state index in [1.807, 2.05) is 11.5 Å². The van der Waals surface area contributed by atoms with E-state index in [0.717, 1.165) is 41.6 Å². The van der Waals surface area contributed by atoms with Gasteiger partial charge in [0.15, 0.2) is 11.6 Å². The third-order valence-electron chi connectivity index (χ3n) is 5.99. The van der Waals surface area contributed by atoms with Gasteiger partial charge in [-0.25, -0.2) is 9.97 Å². The molecule has 0 bridgehead atoms. The second-order valence-corrected chi connectivity index (χ2v) is 8.46. The van der Waals surface area contributed by atoms with Gasteiger partial charge in [0.25, 0.3) is 0 Å². The predicted octanol–water partition coefficient (Wildman–Crippen LogP) is 4.92. The van der Waals surface area contributed by atoms with Crippen molar-refractivity contribution in [3.8, 4) is 23.0 Å². The highest BCUT2D eigenvalue weighted by molar-refractivity contribution is 5.66. The number of rotatable bonds is 4. The summed E-state index contributed by atoms with van der Waals surface area (Å²) in [6.45, 7) is 8.19. The topological polar surface area (TPSA) is 77.5 Å². The van der Waals surface area contributed by atoms with Gasteiger partial charge in [0.1, 0.15) is 17.8 Å². The van der Waals surface area contributed by atoms with Gasteiger partial charge in [-0.1, -0.05) is 19.1 Å². The number of fused-ring (bicyclic) bond motifs is 3. The van der Waals surface area contributed by atoms with Gasteiger partial charge in [0.05, 0.1) is 17.3 Å². The lowest BCUT2D eigenvalue weighted by Crippen LogP contribution is -2.41. The Morgan fingerprint density at radius 3 is 2.44 bits per heavy atom. The fourth-order valence-corrected chi connectivity index (χ4v) is 4.49. The molecule has 8 nitrogen and oxygen atoms in total. The largest absolute Gasteiger partial charge is 0.416 e. The number of anilines is 1. The molecule has 5 rings (SSSR count). The zero-order chi connectivity index (χ0) is 24.2. The van der Waals surface area contributed by atoms with Gasteiger partial charge in [-0.15, -0.1) is 10.2 Å². The maximum absolute atomic E-state index is 13.0. The Morgan fingerprint density at radius 1 is 1.06 bits per heavy atom. The lowest BCUT2D eigenvalue weighted by molar-refractivity contribution is -0.137. The summed E-state index contributed by atoms with van der Waals surface area (Å²) in [5.41, 5.74) is 1.37. The van der Waals surface area contributed by atoms with Gasteiger partial charge in [-0.3, -0.25) is 9.13 Å². The van der Waals surface area contributed by atoms with Gasteiger partial charge in [0, 0.05) is 24.0 Å². The maximum Gasteiger partial charge on any atom is 0.416 e. The molecule has 0 saturated heterocycles. The van der Waals surface area contributed by atoms with Crippen molar-refractivity contribution in [2.24, 2.45) is 0 Å². The average Bonchev–Trinajstić information content (AvgIpc) is 3.47. The van der Waals surface area contributed by atoms with Crippen molar-refractivity contribution < 1.29 is 13.2 Å². The van der Waals surface area contributed by atoms with E-state index in [4.69, 9.17) is 9.97 Å². The molecule has 4 heterocycles. The highest BCUT2D eigenvalue weighted by Crippen LogP contribution is 2.41. The van der Waals surface area contributed by atoms with Crippen LogP contribution in [0, 0.1) is 6.92 Å². The molecule has 0 N–H and O–H groups in total. The first-order valence-electron chi connectivity index (χ1n) is 11.0. The van der Waals surface area contributed by atoms with E-state index < -0.39 is 11.7 Å². The molecule has 4 aromatic rings. The number of nitrogens with zero attached hydrogens (tertiary/aromatic N) is 8. The van der Waals surface area contributed by atoms with E-state index in [9.17, 15) is 13.2 Å². The minimum atomic E-state index is -4.40. The lowest BCUT2D eigenvalue weighted by atomic mass is 10.1. The van der Waals surface area contributed by atoms with E-state index in [-0.39, 0.29) is 12.1 Å². The molecule has 1 aliphatic heterocycles. The standard InChI is InChI=1S/C23H23F3N8/c1-5-17-20-31-28-12-33(20)18-14(4)29-22(30-21(18)34(17)13(2)3)32-11-10-27-19(32)15-6-8-16(9-7-15)23(24,25)26/h6-13,17H,5H2,1-4H3/t17-/m1/s1.